The van der Waals surface area contributed by atoms with E-state index >= 15 is 0 Å². The first-order chi connectivity index (χ1) is 7.25. The molecule has 1 aromatic carbocycles. The molecule has 82 valence electrons. The van der Waals surface area contributed by atoms with Gasteiger partial charge in [0.2, 0.25) is 0 Å². The fraction of sp³-hybridized carbons (Fsp3) is 0.333. The number of hydrogen-bond acceptors (Lipinski definition) is 1. The molecule has 0 fully saturated rings. The first-order valence-corrected chi connectivity index (χ1v) is 6.35. The molecule has 0 saturated heterocycles. The van der Waals surface area contributed by atoms with Crippen molar-refractivity contribution in [3.8, 4) is 0 Å². The largest absolute Gasteiger partial charge is 0.204 e. The smallest absolute Gasteiger partial charge is 0.155 e. The highest BCUT2D eigenvalue weighted by molar-refractivity contribution is 8.04. The van der Waals surface area contributed by atoms with Gasteiger partial charge in [-0.15, -0.1) is 11.8 Å². The third-order valence-electron chi connectivity index (χ3n) is 1.93. The van der Waals surface area contributed by atoms with Gasteiger partial charge in [-0.25, -0.2) is 4.39 Å². The molecule has 0 aromatic heterocycles. The molecule has 1 rings (SSSR count). The van der Waals surface area contributed by atoms with Crippen LogP contribution in [0.5, 0.6) is 0 Å². The van der Waals surface area contributed by atoms with Crippen LogP contribution in [0.15, 0.2) is 34.7 Å². The number of rotatable bonds is 5. The molecule has 15 heavy (non-hydrogen) atoms. The Labute approximate surface area is 99.5 Å². The molecule has 0 aliphatic rings. The summed E-state index contributed by atoms with van der Waals surface area (Å²) in [6.45, 7) is 2.10. The van der Waals surface area contributed by atoms with E-state index in [0.29, 0.717) is 5.56 Å². The van der Waals surface area contributed by atoms with E-state index in [2.05, 4.69) is 6.92 Å². The van der Waals surface area contributed by atoms with Crippen molar-refractivity contribution in [3.05, 3.63) is 40.3 Å². The summed E-state index contributed by atoms with van der Waals surface area (Å²) in [7, 11) is 0. The van der Waals surface area contributed by atoms with Gasteiger partial charge in [-0.2, -0.15) is 0 Å². The maximum absolute atomic E-state index is 13.7. The summed E-state index contributed by atoms with van der Waals surface area (Å²) in [5.74, 6) is 0.550. The predicted molar refractivity (Wildman–Crippen MR) is 67.7 cm³/mol. The van der Waals surface area contributed by atoms with E-state index in [-0.39, 0.29) is 10.2 Å². The summed E-state index contributed by atoms with van der Waals surface area (Å²) in [4.78, 5) is 0. The molecule has 1 aromatic rings. The standard InChI is InChI=1S/C12H14ClFS/c1-2-3-9-15-12(13)11(14)10-7-5-4-6-8-10/h4-8H,2-3,9H2,1H3/b12-11+. The summed E-state index contributed by atoms with van der Waals surface area (Å²) in [5, 5.41) is 0. The summed E-state index contributed by atoms with van der Waals surface area (Å²) >= 11 is 7.24. The molecule has 0 aliphatic heterocycles. The molecule has 0 aliphatic carbocycles. The summed E-state index contributed by atoms with van der Waals surface area (Å²) in [6.07, 6.45) is 2.16. The maximum Gasteiger partial charge on any atom is 0.155 e. The van der Waals surface area contributed by atoms with Gasteiger partial charge >= 0.3 is 0 Å². The van der Waals surface area contributed by atoms with E-state index in [0.717, 1.165) is 18.6 Å². The minimum atomic E-state index is -0.321. The molecular formula is C12H14ClFS. The average Bonchev–Trinajstić information content (AvgIpc) is 2.29. The van der Waals surface area contributed by atoms with Crippen LogP contribution in [0.2, 0.25) is 0 Å². The zero-order valence-corrected chi connectivity index (χ0v) is 10.2. The van der Waals surface area contributed by atoms with Gasteiger partial charge in [0, 0.05) is 5.56 Å². The van der Waals surface area contributed by atoms with Crippen molar-refractivity contribution < 1.29 is 4.39 Å². The van der Waals surface area contributed by atoms with Crippen LogP contribution in [-0.2, 0) is 0 Å². The third-order valence-corrected chi connectivity index (χ3v) is 3.35. The van der Waals surface area contributed by atoms with E-state index in [1.807, 2.05) is 6.07 Å². The number of halogens is 2. The van der Waals surface area contributed by atoms with E-state index in [4.69, 9.17) is 11.6 Å². The van der Waals surface area contributed by atoms with E-state index < -0.39 is 0 Å². The Balaban J connectivity index is 2.64. The van der Waals surface area contributed by atoms with Crippen LogP contribution in [0.4, 0.5) is 4.39 Å². The van der Waals surface area contributed by atoms with Gasteiger partial charge in [0.05, 0.1) is 0 Å². The highest BCUT2D eigenvalue weighted by Gasteiger charge is 2.06. The van der Waals surface area contributed by atoms with Crippen LogP contribution in [0.1, 0.15) is 25.3 Å². The lowest BCUT2D eigenvalue weighted by Crippen LogP contribution is -1.81. The summed E-state index contributed by atoms with van der Waals surface area (Å²) in [5.41, 5.74) is 0.548. The minimum Gasteiger partial charge on any atom is -0.204 e. The fourth-order valence-corrected chi connectivity index (χ4v) is 2.26. The van der Waals surface area contributed by atoms with E-state index in [1.54, 1.807) is 24.3 Å². The van der Waals surface area contributed by atoms with Gasteiger partial charge in [0.25, 0.3) is 0 Å². The minimum absolute atomic E-state index is 0.259. The van der Waals surface area contributed by atoms with Crippen molar-refractivity contribution in [1.82, 2.24) is 0 Å². The fourth-order valence-electron chi connectivity index (χ4n) is 1.07. The molecule has 0 saturated carbocycles. The zero-order chi connectivity index (χ0) is 11.1. The van der Waals surface area contributed by atoms with E-state index in [9.17, 15) is 4.39 Å². The summed E-state index contributed by atoms with van der Waals surface area (Å²) < 4.78 is 13.9. The second-order valence-corrected chi connectivity index (χ2v) is 4.86. The Morgan fingerprint density at radius 1 is 1.33 bits per heavy atom. The second kappa shape index (κ2) is 6.91. The zero-order valence-electron chi connectivity index (χ0n) is 8.67. The first-order valence-electron chi connectivity index (χ1n) is 4.99. The van der Waals surface area contributed by atoms with Gasteiger partial charge in [-0.1, -0.05) is 55.3 Å². The molecule has 0 atom stereocenters. The Hall–Kier alpha value is -0.470. The quantitative estimate of drug-likeness (QED) is 0.653. The maximum atomic E-state index is 13.7. The topological polar surface area (TPSA) is 0 Å². The highest BCUT2D eigenvalue weighted by atomic mass is 35.5. The first kappa shape index (κ1) is 12.6. The normalized spacial score (nSPS) is 12.5. The predicted octanol–water partition coefficient (Wildman–Crippen LogP) is 5.05. The van der Waals surface area contributed by atoms with Crippen molar-refractivity contribution in [3.63, 3.8) is 0 Å². The lowest BCUT2D eigenvalue weighted by Gasteiger charge is -2.02. The molecule has 0 spiro atoms. The Kier molecular flexibility index (Phi) is 5.81. The lowest BCUT2D eigenvalue weighted by molar-refractivity contribution is 0.760. The molecule has 0 bridgehead atoms. The molecule has 0 unspecified atom stereocenters. The van der Waals surface area contributed by atoms with Crippen LogP contribution < -0.4 is 0 Å². The van der Waals surface area contributed by atoms with Crippen LogP contribution in [0.3, 0.4) is 0 Å². The number of unbranched alkanes of at least 4 members (excludes halogenated alkanes) is 1. The molecule has 3 heteroatoms. The lowest BCUT2D eigenvalue weighted by atomic mass is 10.2. The van der Waals surface area contributed by atoms with Crippen LogP contribution in [-0.4, -0.2) is 5.75 Å². The molecule has 0 heterocycles. The van der Waals surface area contributed by atoms with Gasteiger partial charge in [0.1, 0.15) is 4.36 Å². The molecular weight excluding hydrogens is 231 g/mol. The van der Waals surface area contributed by atoms with Crippen molar-refractivity contribution in [2.75, 3.05) is 5.75 Å². The molecule has 0 amide bonds. The number of benzene rings is 1. The second-order valence-electron chi connectivity index (χ2n) is 3.16. The monoisotopic (exact) mass is 244 g/mol. The number of hydrogen-bond donors (Lipinski definition) is 0. The van der Waals surface area contributed by atoms with Gasteiger partial charge in [-0.05, 0) is 12.2 Å². The number of thioether (sulfide) groups is 1. The Morgan fingerprint density at radius 3 is 2.60 bits per heavy atom. The SMILES string of the molecule is CCCCS/C(Cl)=C(/F)c1ccccc1. The van der Waals surface area contributed by atoms with Crippen molar-refractivity contribution >= 4 is 29.2 Å². The van der Waals surface area contributed by atoms with Crippen molar-refractivity contribution in [2.24, 2.45) is 0 Å². The average molecular weight is 245 g/mol. The molecule has 0 nitrogen and oxygen atoms in total. The Bertz CT molecular complexity index is 322. The van der Waals surface area contributed by atoms with Crippen LogP contribution >= 0.6 is 23.4 Å². The Morgan fingerprint density at radius 2 is 2.00 bits per heavy atom. The van der Waals surface area contributed by atoms with Crippen LogP contribution in [0.25, 0.3) is 5.83 Å². The third kappa shape index (κ3) is 4.27. The van der Waals surface area contributed by atoms with Gasteiger partial charge < -0.3 is 0 Å². The summed E-state index contributed by atoms with van der Waals surface area (Å²) in [6, 6.07) is 8.90. The van der Waals surface area contributed by atoms with Gasteiger partial charge in [0.15, 0.2) is 5.83 Å². The van der Waals surface area contributed by atoms with Crippen molar-refractivity contribution in [2.45, 2.75) is 19.8 Å². The van der Waals surface area contributed by atoms with E-state index in [1.165, 1.54) is 11.8 Å². The van der Waals surface area contributed by atoms with Gasteiger partial charge in [-0.3, -0.25) is 0 Å². The molecule has 0 radical (unpaired) electrons. The highest BCUT2D eigenvalue weighted by Crippen LogP contribution is 2.31. The van der Waals surface area contributed by atoms with Crippen LogP contribution in [0, 0.1) is 0 Å². The molecule has 0 N–H and O–H groups in total. The van der Waals surface area contributed by atoms with Crippen molar-refractivity contribution in [1.29, 1.82) is 0 Å².